The molecule has 1 saturated heterocycles. The molecule has 0 unspecified atom stereocenters. The number of piperazine rings is 1. The van der Waals surface area contributed by atoms with E-state index in [9.17, 15) is 4.79 Å². The Bertz CT molecular complexity index is 1010. The quantitative estimate of drug-likeness (QED) is 0.760. The van der Waals surface area contributed by atoms with Crippen LogP contribution in [0.4, 0.5) is 0 Å². The third-order valence-corrected chi connectivity index (χ3v) is 5.54. The van der Waals surface area contributed by atoms with E-state index in [-0.39, 0.29) is 5.91 Å². The van der Waals surface area contributed by atoms with E-state index in [1.54, 1.807) is 0 Å². The molecule has 144 valence electrons. The zero-order chi connectivity index (χ0) is 18.9. The van der Waals surface area contributed by atoms with Gasteiger partial charge in [-0.2, -0.15) is 0 Å². The second kappa shape index (κ2) is 7.20. The van der Waals surface area contributed by atoms with Crippen LogP contribution in [0, 0.1) is 0 Å². The van der Waals surface area contributed by atoms with Crippen molar-refractivity contribution in [2.75, 3.05) is 33.0 Å². The molecule has 5 rings (SSSR count). The fourth-order valence-electron chi connectivity index (χ4n) is 3.95. The Morgan fingerprint density at radius 2 is 1.75 bits per heavy atom. The SMILES string of the molecule is O=C(Cc1ccc2[nH]ccc2c1)N1CCN(Cc2ccc3c(c2)OCO3)CC1. The maximum Gasteiger partial charge on any atom is 0.231 e. The molecule has 0 aliphatic carbocycles. The summed E-state index contributed by atoms with van der Waals surface area (Å²) in [6, 6.07) is 14.3. The van der Waals surface area contributed by atoms with Gasteiger partial charge in [-0.1, -0.05) is 12.1 Å². The summed E-state index contributed by atoms with van der Waals surface area (Å²) in [6.45, 7) is 4.49. The van der Waals surface area contributed by atoms with Gasteiger partial charge in [0, 0.05) is 44.4 Å². The van der Waals surface area contributed by atoms with Gasteiger partial charge in [0.1, 0.15) is 0 Å². The third kappa shape index (κ3) is 3.43. The van der Waals surface area contributed by atoms with Crippen LogP contribution in [0.5, 0.6) is 11.5 Å². The number of aromatic nitrogens is 1. The highest BCUT2D eigenvalue weighted by Crippen LogP contribution is 2.32. The van der Waals surface area contributed by atoms with Gasteiger partial charge in [0.25, 0.3) is 0 Å². The topological polar surface area (TPSA) is 57.8 Å². The third-order valence-electron chi connectivity index (χ3n) is 5.54. The monoisotopic (exact) mass is 377 g/mol. The fourth-order valence-corrected chi connectivity index (χ4v) is 3.95. The van der Waals surface area contributed by atoms with E-state index in [0.29, 0.717) is 13.2 Å². The van der Waals surface area contributed by atoms with Gasteiger partial charge >= 0.3 is 0 Å². The number of nitrogens with zero attached hydrogens (tertiary/aromatic N) is 2. The molecule has 2 aromatic carbocycles. The van der Waals surface area contributed by atoms with E-state index >= 15 is 0 Å². The predicted molar refractivity (Wildman–Crippen MR) is 106 cm³/mol. The Labute approximate surface area is 163 Å². The molecular formula is C22H23N3O3. The second-order valence-corrected chi connectivity index (χ2v) is 7.42. The van der Waals surface area contributed by atoms with Crippen LogP contribution in [0.2, 0.25) is 0 Å². The number of benzene rings is 2. The molecule has 2 aliphatic rings. The van der Waals surface area contributed by atoms with Crippen molar-refractivity contribution in [1.29, 1.82) is 0 Å². The number of nitrogens with one attached hydrogen (secondary N) is 1. The second-order valence-electron chi connectivity index (χ2n) is 7.42. The van der Waals surface area contributed by atoms with Gasteiger partial charge < -0.3 is 19.4 Å². The van der Waals surface area contributed by atoms with E-state index in [2.05, 4.69) is 28.1 Å². The van der Waals surface area contributed by atoms with Gasteiger partial charge in [-0.15, -0.1) is 0 Å². The molecule has 0 spiro atoms. The Morgan fingerprint density at radius 3 is 2.64 bits per heavy atom. The first kappa shape index (κ1) is 17.1. The molecule has 2 aliphatic heterocycles. The highest BCUT2D eigenvalue weighted by atomic mass is 16.7. The Balaban J connectivity index is 1.15. The minimum Gasteiger partial charge on any atom is -0.454 e. The number of H-pyrrole nitrogens is 1. The van der Waals surface area contributed by atoms with E-state index < -0.39 is 0 Å². The molecule has 6 nitrogen and oxygen atoms in total. The molecule has 1 fully saturated rings. The van der Waals surface area contributed by atoms with Gasteiger partial charge in [0.05, 0.1) is 6.42 Å². The van der Waals surface area contributed by atoms with Crippen LogP contribution in [-0.4, -0.2) is 53.7 Å². The first-order valence-electron chi connectivity index (χ1n) is 9.69. The van der Waals surface area contributed by atoms with Crippen LogP contribution >= 0.6 is 0 Å². The average Bonchev–Trinajstić information content (AvgIpc) is 3.36. The molecule has 0 bridgehead atoms. The fraction of sp³-hybridized carbons (Fsp3) is 0.318. The van der Waals surface area contributed by atoms with Crippen molar-refractivity contribution in [3.63, 3.8) is 0 Å². The van der Waals surface area contributed by atoms with Crippen molar-refractivity contribution in [1.82, 2.24) is 14.8 Å². The standard InChI is InChI=1S/C22H23N3O3/c26-22(13-16-1-3-19-18(11-16)5-6-23-19)25-9-7-24(8-10-25)14-17-2-4-20-21(12-17)28-15-27-20/h1-6,11-12,23H,7-10,13-15H2. The van der Waals surface area contributed by atoms with Crippen LogP contribution in [0.1, 0.15) is 11.1 Å². The van der Waals surface area contributed by atoms with E-state index in [1.807, 2.05) is 35.4 Å². The van der Waals surface area contributed by atoms with Crippen LogP contribution in [0.25, 0.3) is 10.9 Å². The molecule has 28 heavy (non-hydrogen) atoms. The first-order chi connectivity index (χ1) is 13.7. The summed E-state index contributed by atoms with van der Waals surface area (Å²) in [5.41, 5.74) is 3.39. The highest BCUT2D eigenvalue weighted by molar-refractivity contribution is 5.83. The van der Waals surface area contributed by atoms with Crippen molar-refractivity contribution < 1.29 is 14.3 Å². The summed E-state index contributed by atoms with van der Waals surface area (Å²) in [5, 5.41) is 1.15. The van der Waals surface area contributed by atoms with Gasteiger partial charge in [0.2, 0.25) is 12.7 Å². The summed E-state index contributed by atoms with van der Waals surface area (Å²) in [5.74, 6) is 1.85. The van der Waals surface area contributed by atoms with Crippen molar-refractivity contribution in [3.8, 4) is 11.5 Å². The number of amides is 1. The maximum atomic E-state index is 12.7. The Kier molecular flexibility index (Phi) is 4.41. The normalized spacial score (nSPS) is 16.6. The summed E-state index contributed by atoms with van der Waals surface area (Å²) in [6.07, 6.45) is 2.39. The predicted octanol–water partition coefficient (Wildman–Crippen LogP) is 2.78. The summed E-state index contributed by atoms with van der Waals surface area (Å²) in [7, 11) is 0. The number of carbonyl (C=O) groups excluding carboxylic acids is 1. The molecule has 0 atom stereocenters. The van der Waals surface area contributed by atoms with E-state index in [1.165, 1.54) is 5.56 Å². The molecule has 1 aromatic heterocycles. The minimum atomic E-state index is 0.206. The Hall–Kier alpha value is -2.99. The van der Waals surface area contributed by atoms with Gasteiger partial charge in [-0.05, 0) is 46.8 Å². The van der Waals surface area contributed by atoms with Crippen molar-refractivity contribution in [3.05, 3.63) is 59.8 Å². The van der Waals surface area contributed by atoms with Crippen molar-refractivity contribution in [2.24, 2.45) is 0 Å². The molecule has 0 saturated carbocycles. The zero-order valence-electron chi connectivity index (χ0n) is 15.7. The molecule has 3 heterocycles. The summed E-state index contributed by atoms with van der Waals surface area (Å²) < 4.78 is 10.8. The van der Waals surface area contributed by atoms with E-state index in [0.717, 1.165) is 60.7 Å². The average molecular weight is 377 g/mol. The number of fused-ring (bicyclic) bond motifs is 2. The largest absolute Gasteiger partial charge is 0.454 e. The molecule has 1 N–H and O–H groups in total. The number of ether oxygens (including phenoxy) is 2. The lowest BCUT2D eigenvalue weighted by Gasteiger charge is -2.35. The Morgan fingerprint density at radius 1 is 0.929 bits per heavy atom. The molecule has 6 heteroatoms. The lowest BCUT2D eigenvalue weighted by molar-refractivity contribution is -0.132. The number of aromatic amines is 1. The first-order valence-corrected chi connectivity index (χ1v) is 9.69. The molecule has 3 aromatic rings. The van der Waals surface area contributed by atoms with Gasteiger partial charge in [-0.25, -0.2) is 0 Å². The highest BCUT2D eigenvalue weighted by Gasteiger charge is 2.22. The summed E-state index contributed by atoms with van der Waals surface area (Å²) >= 11 is 0. The molecule has 0 radical (unpaired) electrons. The van der Waals surface area contributed by atoms with Crippen molar-refractivity contribution >= 4 is 16.8 Å². The zero-order valence-corrected chi connectivity index (χ0v) is 15.7. The van der Waals surface area contributed by atoms with Crippen LogP contribution in [0.3, 0.4) is 0 Å². The smallest absolute Gasteiger partial charge is 0.231 e. The lowest BCUT2D eigenvalue weighted by Crippen LogP contribution is -2.48. The van der Waals surface area contributed by atoms with E-state index in [4.69, 9.17) is 9.47 Å². The van der Waals surface area contributed by atoms with Crippen molar-refractivity contribution in [2.45, 2.75) is 13.0 Å². The van der Waals surface area contributed by atoms with Crippen LogP contribution < -0.4 is 9.47 Å². The van der Waals surface area contributed by atoms with Gasteiger partial charge in [0.15, 0.2) is 11.5 Å². The number of hydrogen-bond acceptors (Lipinski definition) is 4. The number of rotatable bonds is 4. The maximum absolute atomic E-state index is 12.7. The van der Waals surface area contributed by atoms with Crippen LogP contribution in [0.15, 0.2) is 48.7 Å². The molecule has 1 amide bonds. The van der Waals surface area contributed by atoms with Gasteiger partial charge in [-0.3, -0.25) is 9.69 Å². The number of carbonyl (C=O) groups is 1. The summed E-state index contributed by atoms with van der Waals surface area (Å²) in [4.78, 5) is 20.3. The lowest BCUT2D eigenvalue weighted by atomic mass is 10.1. The number of hydrogen-bond donors (Lipinski definition) is 1. The minimum absolute atomic E-state index is 0.206. The van der Waals surface area contributed by atoms with Crippen LogP contribution in [-0.2, 0) is 17.8 Å². The molecular weight excluding hydrogens is 354 g/mol.